The van der Waals surface area contributed by atoms with E-state index in [4.69, 9.17) is 16.0 Å². The monoisotopic (exact) mass is 964 g/mol. The number of aryl methyl sites for hydroxylation is 3. The third-order valence-electron chi connectivity index (χ3n) is 9.86. The first-order valence-electron chi connectivity index (χ1n) is 22.9. The Morgan fingerprint density at radius 3 is 1.97 bits per heavy atom. The summed E-state index contributed by atoms with van der Waals surface area (Å²) in [7, 11) is 0. The molecule has 0 amide bonds. The average Bonchev–Trinajstić information content (AvgIpc) is 3.93. The summed E-state index contributed by atoms with van der Waals surface area (Å²) in [4.78, 5) is 9.34. The molecule has 3 aromatic heterocycles. The molecule has 0 saturated carbocycles. The van der Waals surface area contributed by atoms with Gasteiger partial charge in [-0.05, 0) is 77.9 Å². The van der Waals surface area contributed by atoms with E-state index >= 15 is 0 Å². The van der Waals surface area contributed by atoms with Crippen molar-refractivity contribution in [2.45, 2.75) is 27.0 Å². The topological polar surface area (TPSA) is 30.7 Å². The zero-order valence-corrected chi connectivity index (χ0v) is 35.1. The van der Waals surface area contributed by atoms with Crippen molar-refractivity contribution < 1.29 is 31.1 Å². The van der Waals surface area contributed by atoms with Crippen molar-refractivity contribution in [1.82, 2.24) is 14.5 Å². The van der Waals surface area contributed by atoms with Gasteiger partial charge in [-0.15, -0.1) is 46.8 Å². The SMILES string of the molecule is [2H]C([2H])([2H])c1c[c-]c(-c2ccc(C([2H])([2H])[2H])cn2)cc1.[2H]C([2H])(c1ccccc1)c1ccc2s[c-]c(-c3nc4ccccc4n3-c3c(-c4ccccc4)cc(C)cc3-c3ccccc3)c2c1.[Ir]. The van der Waals surface area contributed by atoms with Gasteiger partial charge in [0.05, 0.1) is 22.5 Å². The fourth-order valence-electron chi connectivity index (χ4n) is 7.16. The Morgan fingerprint density at radius 1 is 0.661 bits per heavy atom. The van der Waals surface area contributed by atoms with Crippen LogP contribution in [0.2, 0.25) is 0 Å². The second-order valence-corrected chi connectivity index (χ2v) is 14.8. The standard InChI is InChI=1S/C41H29N2S.C13H12N.Ir/c1-28-23-33(31-15-7-3-8-16-31)40(34(24-28)32-17-9-4-10-18-32)43-38-20-12-11-19-37(38)42-41(43)36-27-44-39-22-21-30(26-35(36)39)25-29-13-5-2-6-14-29;1-10-3-6-12(7-4-10)13-8-5-11(2)9-14-13;/h2-24,26H,25H2,1H3;3-6,8-9H,1-2H3;/q2*-1;/i25D2;1D3,2D3;. The molecule has 0 unspecified atom stereocenters. The van der Waals surface area contributed by atoms with Crippen LogP contribution < -0.4 is 0 Å². The molecule has 1 radical (unpaired) electrons. The van der Waals surface area contributed by atoms with E-state index < -0.39 is 20.1 Å². The Morgan fingerprint density at radius 2 is 1.32 bits per heavy atom. The van der Waals surface area contributed by atoms with Crippen LogP contribution in [0.5, 0.6) is 0 Å². The molecule has 7 aromatic carbocycles. The molecule has 10 aromatic rings. The number of aromatic nitrogens is 3. The van der Waals surface area contributed by atoms with Gasteiger partial charge in [-0.2, -0.15) is 0 Å². The van der Waals surface area contributed by atoms with Crippen molar-refractivity contribution in [3.63, 3.8) is 0 Å². The first-order valence-corrected chi connectivity index (χ1v) is 19.7. The summed E-state index contributed by atoms with van der Waals surface area (Å²) in [5.74, 6) is 0.781. The molecule has 0 N–H and O–H groups in total. The van der Waals surface area contributed by atoms with Crippen LogP contribution in [0.1, 0.15) is 38.8 Å². The molecule has 0 aliphatic heterocycles. The maximum atomic E-state index is 9.08. The second kappa shape index (κ2) is 17.7. The Bertz CT molecular complexity index is 3180. The van der Waals surface area contributed by atoms with Crippen LogP contribution in [0.3, 0.4) is 0 Å². The molecule has 289 valence electrons. The average molecular weight is 964 g/mol. The molecule has 0 aliphatic carbocycles. The number of hydrogen-bond acceptors (Lipinski definition) is 3. The zero-order chi connectivity index (χ0) is 46.2. The number of benzene rings is 7. The maximum Gasteiger partial charge on any atom is 0.0774 e. The van der Waals surface area contributed by atoms with E-state index in [0.29, 0.717) is 22.4 Å². The molecular weight excluding hydrogens is 915 g/mol. The fourth-order valence-corrected chi connectivity index (χ4v) is 7.98. The Balaban J connectivity index is 0.000000244. The van der Waals surface area contributed by atoms with Crippen molar-refractivity contribution in [2.75, 3.05) is 0 Å². The van der Waals surface area contributed by atoms with E-state index in [2.05, 4.69) is 107 Å². The van der Waals surface area contributed by atoms with Gasteiger partial charge in [-0.3, -0.25) is 16.3 Å². The van der Waals surface area contributed by atoms with Crippen molar-refractivity contribution in [3.8, 4) is 50.6 Å². The molecule has 0 aliphatic rings. The molecule has 0 bridgehead atoms. The van der Waals surface area contributed by atoms with Crippen LogP contribution in [0, 0.1) is 32.1 Å². The van der Waals surface area contributed by atoms with E-state index in [1.54, 1.807) is 23.5 Å². The molecular formula is C54H41IrN3S-2. The Labute approximate surface area is 375 Å². The fraction of sp³-hybridized carbons (Fsp3) is 0.0741. The van der Waals surface area contributed by atoms with Crippen LogP contribution in [-0.2, 0) is 26.5 Å². The summed E-state index contributed by atoms with van der Waals surface area (Å²) in [6.07, 6.45) is -0.361. The van der Waals surface area contributed by atoms with Gasteiger partial charge in [0.25, 0.3) is 0 Å². The van der Waals surface area contributed by atoms with Crippen LogP contribution in [-0.4, -0.2) is 14.5 Å². The third kappa shape index (κ3) is 8.51. The van der Waals surface area contributed by atoms with Gasteiger partial charge in [-0.25, -0.2) is 0 Å². The van der Waals surface area contributed by atoms with Gasteiger partial charge in [-0.1, -0.05) is 155 Å². The Hall–Kier alpha value is -6.23. The number of fused-ring (bicyclic) bond motifs is 2. The molecule has 0 saturated heterocycles. The number of rotatable bonds is 7. The smallest absolute Gasteiger partial charge is 0.0774 e. The normalized spacial score (nSPS) is 13.6. The summed E-state index contributed by atoms with van der Waals surface area (Å²) in [6, 6.07) is 59.6. The molecule has 5 heteroatoms. The quantitative estimate of drug-likeness (QED) is 0.149. The Kier molecular flexibility index (Phi) is 9.25. The van der Waals surface area contributed by atoms with E-state index in [1.165, 1.54) is 30.0 Å². The van der Waals surface area contributed by atoms with Gasteiger partial charge in [0.2, 0.25) is 0 Å². The number of hydrogen-bond donors (Lipinski definition) is 0. The van der Waals surface area contributed by atoms with Crippen LogP contribution in [0.25, 0.3) is 71.7 Å². The van der Waals surface area contributed by atoms with Crippen LogP contribution >= 0.6 is 11.3 Å². The first-order chi connectivity index (χ1) is 31.7. The number of pyridine rings is 1. The van der Waals surface area contributed by atoms with Gasteiger partial charge in [0, 0.05) is 48.4 Å². The molecule has 0 fully saturated rings. The van der Waals surface area contributed by atoms with Gasteiger partial charge >= 0.3 is 0 Å². The first kappa shape index (κ1) is 30.8. The molecule has 59 heavy (non-hydrogen) atoms. The molecule has 0 atom stereocenters. The van der Waals surface area contributed by atoms with E-state index in [0.717, 1.165) is 60.4 Å². The molecule has 3 nitrogen and oxygen atoms in total. The third-order valence-corrected chi connectivity index (χ3v) is 10.7. The molecule has 3 heterocycles. The van der Waals surface area contributed by atoms with Gasteiger partial charge < -0.3 is 9.55 Å². The minimum absolute atomic E-state index is 0. The number of imidazole rings is 1. The number of thiophene rings is 1. The summed E-state index contributed by atoms with van der Waals surface area (Å²) in [5, 5.41) is 4.52. The van der Waals surface area contributed by atoms with E-state index in [1.807, 2.05) is 66.7 Å². The van der Waals surface area contributed by atoms with Crippen molar-refractivity contribution in [1.29, 1.82) is 0 Å². The number of para-hydroxylation sites is 2. The zero-order valence-electron chi connectivity index (χ0n) is 39.9. The van der Waals surface area contributed by atoms with Crippen LogP contribution in [0.4, 0.5) is 0 Å². The van der Waals surface area contributed by atoms with E-state index in [9.17, 15) is 0 Å². The van der Waals surface area contributed by atoms with Gasteiger partial charge in [0.1, 0.15) is 0 Å². The summed E-state index contributed by atoms with van der Waals surface area (Å²) in [5.41, 5.74) is 12.2. The van der Waals surface area contributed by atoms with E-state index in [-0.39, 0.29) is 31.2 Å². The van der Waals surface area contributed by atoms with Crippen molar-refractivity contribution in [3.05, 3.63) is 221 Å². The molecule has 0 spiro atoms. The predicted molar refractivity (Wildman–Crippen MR) is 244 cm³/mol. The minimum Gasteiger partial charge on any atom is -0.332 e. The molecule has 10 rings (SSSR count). The second-order valence-electron chi connectivity index (χ2n) is 13.9. The number of nitrogens with zero attached hydrogens (tertiary/aromatic N) is 3. The maximum absolute atomic E-state index is 9.08. The van der Waals surface area contributed by atoms with Crippen molar-refractivity contribution in [2.24, 2.45) is 0 Å². The van der Waals surface area contributed by atoms with Gasteiger partial charge in [0.15, 0.2) is 0 Å². The summed E-state index contributed by atoms with van der Waals surface area (Å²) < 4.78 is 65.1. The predicted octanol–water partition coefficient (Wildman–Crippen LogP) is 14.1. The van der Waals surface area contributed by atoms with Crippen LogP contribution in [0.15, 0.2) is 182 Å². The van der Waals surface area contributed by atoms with Crippen molar-refractivity contribution >= 4 is 32.5 Å². The minimum atomic E-state index is -2.18. The summed E-state index contributed by atoms with van der Waals surface area (Å²) in [6.45, 7) is -2.19. The largest absolute Gasteiger partial charge is 0.332 e. The summed E-state index contributed by atoms with van der Waals surface area (Å²) >= 11 is 1.54.